The molecule has 1 aliphatic carbocycles. The Balaban J connectivity index is 1.40. The largest absolute Gasteiger partial charge is 0.485 e. The Morgan fingerprint density at radius 2 is 1.92 bits per heavy atom. The number of amides is 2. The Hall–Kier alpha value is -3.39. The fraction of sp³-hybridized carbons (Fsp3) is 0.483. The number of aliphatic hydroxyl groups excluding tert-OH is 1. The second-order valence-corrected chi connectivity index (χ2v) is 11.0. The van der Waals surface area contributed by atoms with Gasteiger partial charge in [0.2, 0.25) is 5.91 Å². The molecule has 0 radical (unpaired) electrons. The molecule has 5 rings (SSSR count). The summed E-state index contributed by atoms with van der Waals surface area (Å²) in [6.45, 7) is 7.68. The predicted octanol–water partition coefficient (Wildman–Crippen LogP) is 3.99. The molecule has 0 saturated carbocycles. The maximum atomic E-state index is 13.5. The summed E-state index contributed by atoms with van der Waals surface area (Å²) in [5.74, 6) is 0.419. The van der Waals surface area contributed by atoms with Crippen LogP contribution in [0.3, 0.4) is 0 Å². The van der Waals surface area contributed by atoms with Crippen molar-refractivity contribution in [2.75, 3.05) is 0 Å². The van der Waals surface area contributed by atoms with Gasteiger partial charge in [-0.3, -0.25) is 19.9 Å². The van der Waals surface area contributed by atoms with Gasteiger partial charge in [-0.15, -0.1) is 0 Å². The Kier molecular flexibility index (Phi) is 6.26. The van der Waals surface area contributed by atoms with Gasteiger partial charge >= 0.3 is 0 Å². The number of guanidine groups is 1. The highest BCUT2D eigenvalue weighted by Crippen LogP contribution is 2.41. The van der Waals surface area contributed by atoms with Gasteiger partial charge in [0, 0.05) is 16.7 Å². The van der Waals surface area contributed by atoms with Gasteiger partial charge in [-0.05, 0) is 68.9 Å². The molecule has 2 amide bonds. The van der Waals surface area contributed by atoms with Gasteiger partial charge in [0.15, 0.2) is 5.96 Å². The number of benzene rings is 2. The van der Waals surface area contributed by atoms with E-state index in [-0.39, 0.29) is 29.4 Å². The first-order valence-electron chi connectivity index (χ1n) is 13.2. The molecule has 8 nitrogen and oxygen atoms in total. The Bertz CT molecular complexity index is 1230. The number of carbonyl (C=O) groups excluding carboxylic acids is 2. The molecule has 3 aliphatic rings. The van der Waals surface area contributed by atoms with E-state index in [9.17, 15) is 14.7 Å². The van der Waals surface area contributed by atoms with E-state index in [1.807, 2.05) is 50.2 Å². The third-order valence-electron chi connectivity index (χ3n) is 8.44. The average molecular weight is 505 g/mol. The van der Waals surface area contributed by atoms with Crippen LogP contribution in [0, 0.1) is 5.41 Å². The van der Waals surface area contributed by atoms with E-state index in [1.165, 1.54) is 0 Å². The molecule has 1 saturated heterocycles. The maximum Gasteiger partial charge on any atom is 0.251 e. The number of fused-ring (bicyclic) bond motifs is 2. The zero-order valence-corrected chi connectivity index (χ0v) is 21.9. The monoisotopic (exact) mass is 504 g/mol. The van der Waals surface area contributed by atoms with Crippen molar-refractivity contribution in [1.29, 1.82) is 5.41 Å². The molecule has 2 aliphatic heterocycles. The van der Waals surface area contributed by atoms with Crippen LogP contribution in [0.1, 0.15) is 92.5 Å². The van der Waals surface area contributed by atoms with Crippen LogP contribution in [-0.4, -0.2) is 45.0 Å². The van der Waals surface area contributed by atoms with Gasteiger partial charge < -0.3 is 20.5 Å². The molecule has 0 unspecified atom stereocenters. The van der Waals surface area contributed by atoms with Crippen molar-refractivity contribution in [2.45, 2.75) is 89.1 Å². The number of rotatable bonds is 5. The zero-order chi connectivity index (χ0) is 26.5. The number of nitrogens with zero attached hydrogens (tertiary/aromatic N) is 1. The number of hydrogen-bond donors (Lipinski definition) is 4. The van der Waals surface area contributed by atoms with Crippen LogP contribution in [0.25, 0.3) is 0 Å². The third kappa shape index (κ3) is 4.27. The molecule has 8 heteroatoms. The van der Waals surface area contributed by atoms with Crippen LogP contribution in [0.5, 0.6) is 5.75 Å². The van der Waals surface area contributed by atoms with E-state index in [0.717, 1.165) is 36.0 Å². The quantitative estimate of drug-likeness (QED) is 0.492. The summed E-state index contributed by atoms with van der Waals surface area (Å²) in [5.41, 5.74) is 1.94. The van der Waals surface area contributed by atoms with Crippen molar-refractivity contribution in [1.82, 2.24) is 15.5 Å². The SMILES string of the molecule is CCC1(CC)CC(=O)N([C@@H]2CCc3ccc(C(=O)N[C@@H]4c5ccccc5OC(C)(C)[C@H]4O)cc32)C(=N)N1. The molecule has 2 aromatic rings. The minimum atomic E-state index is -0.941. The van der Waals surface area contributed by atoms with Crippen molar-refractivity contribution in [3.63, 3.8) is 0 Å². The Morgan fingerprint density at radius 3 is 2.62 bits per heavy atom. The summed E-state index contributed by atoms with van der Waals surface area (Å²) in [4.78, 5) is 28.3. The van der Waals surface area contributed by atoms with Gasteiger partial charge in [0.1, 0.15) is 17.5 Å². The number of ether oxygens (including phenoxy) is 1. The van der Waals surface area contributed by atoms with Gasteiger partial charge in [0.05, 0.1) is 18.5 Å². The molecule has 196 valence electrons. The molecule has 0 aromatic heterocycles. The molecule has 0 bridgehead atoms. The number of hydrogen-bond acceptors (Lipinski definition) is 5. The van der Waals surface area contributed by atoms with Gasteiger partial charge in [-0.1, -0.05) is 38.1 Å². The maximum absolute atomic E-state index is 13.5. The van der Waals surface area contributed by atoms with E-state index in [1.54, 1.807) is 24.8 Å². The topological polar surface area (TPSA) is 115 Å². The van der Waals surface area contributed by atoms with E-state index in [4.69, 9.17) is 10.1 Å². The second-order valence-electron chi connectivity index (χ2n) is 11.0. The molecule has 37 heavy (non-hydrogen) atoms. The van der Waals surface area contributed by atoms with Crippen LogP contribution in [0.15, 0.2) is 42.5 Å². The smallest absolute Gasteiger partial charge is 0.251 e. The average Bonchev–Trinajstić information content (AvgIpc) is 3.28. The van der Waals surface area contributed by atoms with Crippen LogP contribution >= 0.6 is 0 Å². The standard InChI is InChI=1S/C29H36N4O4/c1-5-29(6-2)16-23(34)33(27(30)32-29)21-14-13-17-11-12-18(15-20(17)21)26(36)31-24-19-9-7-8-10-22(19)37-28(3,4)25(24)35/h7-12,15,21,24-25,35H,5-6,13-14,16H2,1-4H3,(H2,30,32)(H,31,36)/t21-,24-,25+/m1/s1. The minimum absolute atomic E-state index is 0.0516. The number of para-hydroxylation sites is 1. The lowest BCUT2D eigenvalue weighted by molar-refractivity contribution is -0.132. The molecule has 3 atom stereocenters. The van der Waals surface area contributed by atoms with Gasteiger partial charge in [-0.2, -0.15) is 0 Å². The summed E-state index contributed by atoms with van der Waals surface area (Å²) in [6, 6.07) is 12.1. The fourth-order valence-corrected chi connectivity index (χ4v) is 5.98. The Labute approximate surface area is 217 Å². The van der Waals surface area contributed by atoms with Crippen molar-refractivity contribution in [3.8, 4) is 5.75 Å². The highest BCUT2D eigenvalue weighted by Gasteiger charge is 2.45. The highest BCUT2D eigenvalue weighted by atomic mass is 16.5. The first kappa shape index (κ1) is 25.3. The number of carbonyl (C=O) groups is 2. The van der Waals surface area contributed by atoms with Crippen LogP contribution in [-0.2, 0) is 11.2 Å². The van der Waals surface area contributed by atoms with Crippen molar-refractivity contribution >= 4 is 17.8 Å². The zero-order valence-electron chi connectivity index (χ0n) is 21.9. The molecular weight excluding hydrogens is 468 g/mol. The molecule has 2 aromatic carbocycles. The third-order valence-corrected chi connectivity index (χ3v) is 8.44. The lowest BCUT2D eigenvalue weighted by Gasteiger charge is -2.44. The summed E-state index contributed by atoms with van der Waals surface area (Å²) in [5, 5.41) is 26.0. The van der Waals surface area contributed by atoms with Crippen molar-refractivity contribution < 1.29 is 19.4 Å². The minimum Gasteiger partial charge on any atom is -0.485 e. The highest BCUT2D eigenvalue weighted by molar-refractivity contribution is 6.00. The molecule has 1 fully saturated rings. The fourth-order valence-electron chi connectivity index (χ4n) is 5.98. The normalized spacial score (nSPS) is 25.5. The second kappa shape index (κ2) is 9.17. The summed E-state index contributed by atoms with van der Waals surface area (Å²) >= 11 is 0. The first-order valence-corrected chi connectivity index (χ1v) is 13.2. The summed E-state index contributed by atoms with van der Waals surface area (Å²) in [6.07, 6.45) is 2.45. The van der Waals surface area contributed by atoms with Crippen molar-refractivity contribution in [2.24, 2.45) is 0 Å². The number of aliphatic hydroxyl groups is 1. The van der Waals surface area contributed by atoms with Crippen LogP contribution < -0.4 is 15.4 Å². The predicted molar refractivity (Wildman–Crippen MR) is 141 cm³/mol. The van der Waals surface area contributed by atoms with E-state index >= 15 is 0 Å². The van der Waals surface area contributed by atoms with Crippen molar-refractivity contribution in [3.05, 3.63) is 64.7 Å². The van der Waals surface area contributed by atoms with Gasteiger partial charge in [-0.25, -0.2) is 0 Å². The number of aryl methyl sites for hydroxylation is 1. The first-order chi connectivity index (χ1) is 17.6. The summed E-state index contributed by atoms with van der Waals surface area (Å²) in [7, 11) is 0. The number of nitrogens with one attached hydrogen (secondary N) is 3. The molecular formula is C29H36N4O4. The Morgan fingerprint density at radius 1 is 1.19 bits per heavy atom. The van der Waals surface area contributed by atoms with Crippen LogP contribution in [0.4, 0.5) is 0 Å². The molecule has 0 spiro atoms. The summed E-state index contributed by atoms with van der Waals surface area (Å²) < 4.78 is 5.98. The van der Waals surface area contributed by atoms with Crippen LogP contribution in [0.2, 0.25) is 0 Å². The van der Waals surface area contributed by atoms with E-state index in [2.05, 4.69) is 10.6 Å². The lowest BCUT2D eigenvalue weighted by Crippen LogP contribution is -2.62. The lowest BCUT2D eigenvalue weighted by atomic mass is 9.86. The van der Waals surface area contributed by atoms with E-state index < -0.39 is 17.7 Å². The molecule has 2 heterocycles. The van der Waals surface area contributed by atoms with E-state index in [0.29, 0.717) is 24.2 Å². The van der Waals surface area contributed by atoms with Gasteiger partial charge in [0.25, 0.3) is 5.91 Å². The molecule has 4 N–H and O–H groups in total.